The highest BCUT2D eigenvalue weighted by Crippen LogP contribution is 2.33. The summed E-state index contributed by atoms with van der Waals surface area (Å²) >= 11 is 3.07. The smallest absolute Gasteiger partial charge is 0.418 e. The van der Waals surface area contributed by atoms with Crippen molar-refractivity contribution in [2.75, 3.05) is 0 Å². The van der Waals surface area contributed by atoms with Crippen molar-refractivity contribution in [3.63, 3.8) is 0 Å². The molecule has 8 heteroatoms. The number of hydrogen-bond donors (Lipinski definition) is 1. The van der Waals surface area contributed by atoms with Crippen molar-refractivity contribution in [2.45, 2.75) is 12.7 Å². The van der Waals surface area contributed by atoms with E-state index in [-0.39, 0.29) is 6.54 Å². The maximum Gasteiger partial charge on any atom is 0.418 e. The molecule has 0 aliphatic carbocycles. The van der Waals surface area contributed by atoms with E-state index in [2.05, 4.69) is 15.9 Å². The van der Waals surface area contributed by atoms with E-state index >= 15 is 0 Å². The first-order valence-corrected chi connectivity index (χ1v) is 5.81. The third-order valence-electron chi connectivity index (χ3n) is 2.38. The molecule has 0 unspecified atom stereocenters. The van der Waals surface area contributed by atoms with Crippen molar-refractivity contribution in [1.82, 2.24) is 4.57 Å². The topological polar surface area (TPSA) is 55.4 Å². The molecule has 0 saturated heterocycles. The second-order valence-electron chi connectivity index (χ2n) is 3.77. The molecule has 0 saturated carbocycles. The summed E-state index contributed by atoms with van der Waals surface area (Å²) in [5, 5.41) is 8.77. The average Bonchev–Trinajstić information content (AvgIpc) is 2.85. The van der Waals surface area contributed by atoms with E-state index in [9.17, 15) is 18.0 Å². The van der Waals surface area contributed by atoms with Gasteiger partial charge in [-0.2, -0.15) is 13.2 Å². The number of halogens is 4. The Balaban J connectivity index is 2.35. The SMILES string of the molecule is O=C(O)c1cn(Cc2ccc(Br)o2)cc1C(F)(F)F. The number of hydrogen-bond acceptors (Lipinski definition) is 2. The highest BCUT2D eigenvalue weighted by Gasteiger charge is 2.37. The van der Waals surface area contributed by atoms with E-state index in [1.54, 1.807) is 12.1 Å². The molecule has 2 heterocycles. The summed E-state index contributed by atoms with van der Waals surface area (Å²) in [4.78, 5) is 10.8. The number of furan rings is 1. The molecule has 19 heavy (non-hydrogen) atoms. The van der Waals surface area contributed by atoms with Crippen LogP contribution in [-0.2, 0) is 12.7 Å². The highest BCUT2D eigenvalue weighted by atomic mass is 79.9. The number of aromatic carboxylic acids is 1. The first-order chi connectivity index (χ1) is 8.77. The minimum atomic E-state index is -4.71. The molecule has 2 aromatic rings. The van der Waals surface area contributed by atoms with Gasteiger partial charge in [-0.05, 0) is 28.1 Å². The van der Waals surface area contributed by atoms with Crippen LogP contribution in [0.15, 0.2) is 33.6 Å². The normalized spacial score (nSPS) is 11.8. The molecule has 0 atom stereocenters. The van der Waals surface area contributed by atoms with Gasteiger partial charge < -0.3 is 14.1 Å². The lowest BCUT2D eigenvalue weighted by Crippen LogP contribution is -2.09. The molecule has 0 amide bonds. The zero-order chi connectivity index (χ0) is 14.2. The zero-order valence-electron chi connectivity index (χ0n) is 9.24. The number of carboxylic acids is 1. The second kappa shape index (κ2) is 4.76. The van der Waals surface area contributed by atoms with Crippen LogP contribution in [0.2, 0.25) is 0 Å². The molecule has 0 spiro atoms. The molecule has 0 aliphatic rings. The fourth-order valence-electron chi connectivity index (χ4n) is 1.61. The third-order valence-corrected chi connectivity index (χ3v) is 2.81. The van der Waals surface area contributed by atoms with Gasteiger partial charge in [-0.15, -0.1) is 0 Å². The van der Waals surface area contributed by atoms with Gasteiger partial charge in [0.1, 0.15) is 5.76 Å². The second-order valence-corrected chi connectivity index (χ2v) is 4.55. The van der Waals surface area contributed by atoms with Crippen LogP contribution in [0.5, 0.6) is 0 Å². The van der Waals surface area contributed by atoms with E-state index in [1.165, 1.54) is 0 Å². The Labute approximate surface area is 113 Å². The fraction of sp³-hybridized carbons (Fsp3) is 0.182. The minimum absolute atomic E-state index is 0.0158. The van der Waals surface area contributed by atoms with Gasteiger partial charge in [-0.1, -0.05) is 0 Å². The van der Waals surface area contributed by atoms with Crippen molar-refractivity contribution < 1.29 is 27.5 Å². The molecule has 0 fully saturated rings. The Morgan fingerprint density at radius 1 is 1.37 bits per heavy atom. The summed E-state index contributed by atoms with van der Waals surface area (Å²) in [5.41, 5.74) is -1.95. The lowest BCUT2D eigenvalue weighted by molar-refractivity contribution is -0.138. The predicted octanol–water partition coefficient (Wildman–Crippen LogP) is 3.61. The minimum Gasteiger partial charge on any atom is -0.478 e. The average molecular weight is 338 g/mol. The van der Waals surface area contributed by atoms with Gasteiger partial charge in [0.2, 0.25) is 0 Å². The van der Waals surface area contributed by atoms with Crippen molar-refractivity contribution in [3.05, 3.63) is 46.1 Å². The monoisotopic (exact) mass is 337 g/mol. The number of carboxylic acid groups (broad SMARTS) is 1. The molecule has 0 radical (unpaired) electrons. The predicted molar refractivity (Wildman–Crippen MR) is 61.9 cm³/mol. The number of nitrogens with zero attached hydrogens (tertiary/aromatic N) is 1. The first-order valence-electron chi connectivity index (χ1n) is 5.02. The van der Waals surface area contributed by atoms with Gasteiger partial charge in [0.15, 0.2) is 4.67 Å². The summed E-state index contributed by atoms with van der Waals surface area (Å²) in [6.07, 6.45) is -3.02. The quantitative estimate of drug-likeness (QED) is 0.930. The largest absolute Gasteiger partial charge is 0.478 e. The highest BCUT2D eigenvalue weighted by molar-refractivity contribution is 9.10. The third kappa shape index (κ3) is 3.01. The van der Waals surface area contributed by atoms with E-state index in [0.717, 1.165) is 17.0 Å². The van der Waals surface area contributed by atoms with Gasteiger partial charge in [0.25, 0.3) is 0 Å². The number of alkyl halides is 3. The maximum atomic E-state index is 12.7. The molecule has 0 aromatic carbocycles. The summed E-state index contributed by atoms with van der Waals surface area (Å²) in [6.45, 7) is 0.0158. The van der Waals surface area contributed by atoms with Gasteiger partial charge in [-0.3, -0.25) is 0 Å². The lowest BCUT2D eigenvalue weighted by atomic mass is 10.2. The molecule has 1 N–H and O–H groups in total. The Kier molecular flexibility index (Phi) is 3.44. The van der Waals surface area contributed by atoms with Gasteiger partial charge in [-0.25, -0.2) is 4.79 Å². The number of carbonyl (C=O) groups is 1. The summed E-state index contributed by atoms with van der Waals surface area (Å²) in [5.74, 6) is -1.21. The van der Waals surface area contributed by atoms with E-state index in [0.29, 0.717) is 10.4 Å². The van der Waals surface area contributed by atoms with E-state index in [4.69, 9.17) is 9.52 Å². The fourth-order valence-corrected chi connectivity index (χ4v) is 1.95. The van der Waals surface area contributed by atoms with Gasteiger partial charge in [0, 0.05) is 12.4 Å². The van der Waals surface area contributed by atoms with Crippen LogP contribution in [0, 0.1) is 0 Å². The van der Waals surface area contributed by atoms with Crippen LogP contribution in [0.3, 0.4) is 0 Å². The first kappa shape index (κ1) is 13.7. The standard InChI is InChI=1S/C11H7BrF3NO3/c12-9-2-1-6(19-9)3-16-4-7(10(17)18)8(5-16)11(13,14)15/h1-2,4-5H,3H2,(H,17,18). The maximum absolute atomic E-state index is 12.7. The summed E-state index contributed by atoms with van der Waals surface area (Å²) < 4.78 is 44.7. The summed E-state index contributed by atoms with van der Waals surface area (Å²) in [6, 6.07) is 3.18. The van der Waals surface area contributed by atoms with Crippen LogP contribution in [-0.4, -0.2) is 15.6 Å². The van der Waals surface area contributed by atoms with Crippen LogP contribution < -0.4 is 0 Å². The lowest BCUT2D eigenvalue weighted by Gasteiger charge is -2.04. The van der Waals surface area contributed by atoms with E-state index in [1.807, 2.05) is 0 Å². The van der Waals surface area contributed by atoms with E-state index < -0.39 is 23.3 Å². The van der Waals surface area contributed by atoms with Crippen LogP contribution >= 0.6 is 15.9 Å². The Hall–Kier alpha value is -1.70. The van der Waals surface area contributed by atoms with Crippen molar-refractivity contribution in [2.24, 2.45) is 0 Å². The van der Waals surface area contributed by atoms with Gasteiger partial charge in [0.05, 0.1) is 17.7 Å². The molecule has 0 bridgehead atoms. The zero-order valence-corrected chi connectivity index (χ0v) is 10.8. The Bertz CT molecular complexity index is 615. The molecule has 2 aromatic heterocycles. The molecular weight excluding hydrogens is 331 g/mol. The van der Waals surface area contributed by atoms with Crippen LogP contribution in [0.4, 0.5) is 13.2 Å². The van der Waals surface area contributed by atoms with Crippen molar-refractivity contribution in [1.29, 1.82) is 0 Å². The van der Waals surface area contributed by atoms with Crippen LogP contribution in [0.25, 0.3) is 0 Å². The number of rotatable bonds is 3. The molecule has 2 rings (SSSR count). The Morgan fingerprint density at radius 3 is 2.47 bits per heavy atom. The summed E-state index contributed by atoms with van der Waals surface area (Å²) in [7, 11) is 0. The molecule has 0 aliphatic heterocycles. The number of aromatic nitrogens is 1. The molecule has 102 valence electrons. The Morgan fingerprint density at radius 2 is 2.05 bits per heavy atom. The van der Waals surface area contributed by atoms with Crippen molar-refractivity contribution in [3.8, 4) is 0 Å². The van der Waals surface area contributed by atoms with Crippen LogP contribution in [0.1, 0.15) is 21.7 Å². The molecular formula is C11H7BrF3NO3. The van der Waals surface area contributed by atoms with Gasteiger partial charge >= 0.3 is 12.1 Å². The van der Waals surface area contributed by atoms with Crippen molar-refractivity contribution >= 4 is 21.9 Å². The molecule has 4 nitrogen and oxygen atoms in total.